The largest absolute Gasteiger partial charge is 0.385 e. The number of hydrogen-bond donors (Lipinski definition) is 3. The Morgan fingerprint density at radius 1 is 0.909 bits per heavy atom. The van der Waals surface area contributed by atoms with Crippen LogP contribution in [-0.2, 0) is 16.0 Å². The molecule has 2 aromatic carbocycles. The van der Waals surface area contributed by atoms with Crippen LogP contribution in [0, 0.1) is 0 Å². The van der Waals surface area contributed by atoms with Gasteiger partial charge in [0, 0.05) is 24.3 Å². The van der Waals surface area contributed by atoms with Crippen molar-refractivity contribution < 1.29 is 9.59 Å². The summed E-state index contributed by atoms with van der Waals surface area (Å²) in [6.07, 6.45) is 0.577. The molecule has 2 amide bonds. The predicted molar refractivity (Wildman–Crippen MR) is 87.5 cm³/mol. The summed E-state index contributed by atoms with van der Waals surface area (Å²) in [5.74, 6) is -0.435. The highest BCUT2D eigenvalue weighted by molar-refractivity contribution is 5.91. The number of carbonyl (C=O) groups is 2. The van der Waals surface area contributed by atoms with Crippen LogP contribution in [0.1, 0.15) is 12.0 Å². The van der Waals surface area contributed by atoms with E-state index in [1.165, 1.54) is 0 Å². The first-order valence-corrected chi connectivity index (χ1v) is 7.09. The Balaban J connectivity index is 1.75. The molecule has 0 fully saturated rings. The molecular weight excluding hydrogens is 278 g/mol. The van der Waals surface area contributed by atoms with E-state index in [1.54, 1.807) is 24.3 Å². The number of anilines is 2. The van der Waals surface area contributed by atoms with Crippen molar-refractivity contribution in [1.29, 1.82) is 0 Å². The van der Waals surface area contributed by atoms with E-state index in [-0.39, 0.29) is 18.2 Å². The van der Waals surface area contributed by atoms with E-state index in [0.717, 1.165) is 11.3 Å². The summed E-state index contributed by atoms with van der Waals surface area (Å²) in [6.45, 7) is 0.565. The lowest BCUT2D eigenvalue weighted by Crippen LogP contribution is -2.16. The summed E-state index contributed by atoms with van der Waals surface area (Å²) in [6, 6.07) is 16.8. The second-order valence-corrected chi connectivity index (χ2v) is 4.93. The number of carbonyl (C=O) groups excluding carboxylic acids is 2. The molecule has 0 unspecified atom stereocenters. The van der Waals surface area contributed by atoms with E-state index in [0.29, 0.717) is 18.7 Å². The van der Waals surface area contributed by atoms with Crippen LogP contribution in [-0.4, -0.2) is 18.4 Å². The Kier molecular flexibility index (Phi) is 5.54. The fourth-order valence-corrected chi connectivity index (χ4v) is 2.01. The first-order chi connectivity index (χ1) is 10.6. The van der Waals surface area contributed by atoms with Crippen LogP contribution in [0.25, 0.3) is 0 Å². The van der Waals surface area contributed by atoms with Gasteiger partial charge in [0.1, 0.15) is 0 Å². The van der Waals surface area contributed by atoms with Gasteiger partial charge in [-0.3, -0.25) is 9.59 Å². The van der Waals surface area contributed by atoms with E-state index >= 15 is 0 Å². The maximum Gasteiger partial charge on any atom is 0.226 e. The highest BCUT2D eigenvalue weighted by Crippen LogP contribution is 2.10. The first-order valence-electron chi connectivity index (χ1n) is 7.09. The molecule has 0 spiro atoms. The zero-order valence-corrected chi connectivity index (χ0v) is 12.2. The highest BCUT2D eigenvalue weighted by atomic mass is 16.1. The molecule has 4 N–H and O–H groups in total. The molecule has 0 atom stereocenters. The highest BCUT2D eigenvalue weighted by Gasteiger charge is 2.03. The van der Waals surface area contributed by atoms with Crippen LogP contribution >= 0.6 is 0 Å². The van der Waals surface area contributed by atoms with E-state index < -0.39 is 0 Å². The van der Waals surface area contributed by atoms with Crippen LogP contribution in [0.4, 0.5) is 11.4 Å². The summed E-state index contributed by atoms with van der Waals surface area (Å²) in [4.78, 5) is 22.7. The molecule has 0 aliphatic carbocycles. The second-order valence-electron chi connectivity index (χ2n) is 4.93. The minimum absolute atomic E-state index is 0.0638. The standard InChI is InChI=1S/C17H19N3O2/c18-16(21)12-13-6-8-15(9-7-13)20-17(22)10-11-19-14-4-2-1-3-5-14/h1-9,19H,10-12H2,(H2,18,21)(H,20,22). The molecule has 0 bridgehead atoms. The van der Waals surface area contributed by atoms with Crippen molar-refractivity contribution in [2.75, 3.05) is 17.2 Å². The molecule has 0 aliphatic rings. The lowest BCUT2D eigenvalue weighted by Gasteiger charge is -2.08. The maximum atomic E-state index is 11.8. The zero-order chi connectivity index (χ0) is 15.8. The van der Waals surface area contributed by atoms with Crippen LogP contribution in [0.2, 0.25) is 0 Å². The molecule has 5 nitrogen and oxygen atoms in total. The van der Waals surface area contributed by atoms with Gasteiger partial charge in [-0.2, -0.15) is 0 Å². The van der Waals surface area contributed by atoms with Crippen molar-refractivity contribution in [3.8, 4) is 0 Å². The zero-order valence-electron chi connectivity index (χ0n) is 12.2. The average Bonchev–Trinajstić information content (AvgIpc) is 2.50. The van der Waals surface area contributed by atoms with Gasteiger partial charge in [-0.1, -0.05) is 30.3 Å². The SMILES string of the molecule is NC(=O)Cc1ccc(NC(=O)CCNc2ccccc2)cc1. The van der Waals surface area contributed by atoms with Gasteiger partial charge in [0.05, 0.1) is 6.42 Å². The number of nitrogens with one attached hydrogen (secondary N) is 2. The van der Waals surface area contributed by atoms with Gasteiger partial charge in [-0.25, -0.2) is 0 Å². The van der Waals surface area contributed by atoms with Crippen molar-refractivity contribution >= 4 is 23.2 Å². The quantitative estimate of drug-likeness (QED) is 0.732. The normalized spacial score (nSPS) is 10.0. The van der Waals surface area contributed by atoms with Crippen LogP contribution in [0.15, 0.2) is 54.6 Å². The summed E-state index contributed by atoms with van der Waals surface area (Å²) < 4.78 is 0. The van der Waals surface area contributed by atoms with Gasteiger partial charge in [0.2, 0.25) is 11.8 Å². The molecule has 0 saturated heterocycles. The first kappa shape index (κ1) is 15.6. The minimum Gasteiger partial charge on any atom is -0.385 e. The summed E-state index contributed by atoms with van der Waals surface area (Å²) >= 11 is 0. The molecule has 0 radical (unpaired) electrons. The smallest absolute Gasteiger partial charge is 0.226 e. The van der Waals surface area contributed by atoms with E-state index in [1.807, 2.05) is 30.3 Å². The third-order valence-electron chi connectivity index (χ3n) is 3.07. The van der Waals surface area contributed by atoms with Crippen molar-refractivity contribution in [3.05, 3.63) is 60.2 Å². The monoisotopic (exact) mass is 297 g/mol. The molecular formula is C17H19N3O2. The van der Waals surface area contributed by atoms with Gasteiger partial charge >= 0.3 is 0 Å². The van der Waals surface area contributed by atoms with E-state index in [2.05, 4.69) is 10.6 Å². The Morgan fingerprint density at radius 3 is 2.23 bits per heavy atom. The van der Waals surface area contributed by atoms with Gasteiger partial charge in [-0.05, 0) is 29.8 Å². The summed E-state index contributed by atoms with van der Waals surface area (Å²) in [7, 11) is 0. The topological polar surface area (TPSA) is 84.2 Å². The third-order valence-corrected chi connectivity index (χ3v) is 3.07. The molecule has 0 aromatic heterocycles. The van der Waals surface area contributed by atoms with Crippen LogP contribution < -0.4 is 16.4 Å². The van der Waals surface area contributed by atoms with Crippen LogP contribution in [0.3, 0.4) is 0 Å². The molecule has 5 heteroatoms. The van der Waals surface area contributed by atoms with Gasteiger partial charge in [0.15, 0.2) is 0 Å². The Morgan fingerprint density at radius 2 is 1.59 bits per heavy atom. The summed E-state index contributed by atoms with van der Waals surface area (Å²) in [5, 5.41) is 5.99. The molecule has 0 heterocycles. The fraction of sp³-hybridized carbons (Fsp3) is 0.176. The van der Waals surface area contributed by atoms with Crippen molar-refractivity contribution in [2.45, 2.75) is 12.8 Å². The van der Waals surface area contributed by atoms with Crippen molar-refractivity contribution in [1.82, 2.24) is 0 Å². The molecule has 2 rings (SSSR count). The third kappa shape index (κ3) is 5.28. The molecule has 114 valence electrons. The number of benzene rings is 2. The maximum absolute atomic E-state index is 11.8. The van der Waals surface area contributed by atoms with Crippen molar-refractivity contribution in [3.63, 3.8) is 0 Å². The lowest BCUT2D eigenvalue weighted by molar-refractivity contribution is -0.117. The predicted octanol–water partition coefficient (Wildman–Crippen LogP) is 2.16. The number of rotatable bonds is 7. The molecule has 22 heavy (non-hydrogen) atoms. The van der Waals surface area contributed by atoms with Gasteiger partial charge in [0.25, 0.3) is 0 Å². The minimum atomic E-state index is -0.372. The number of amides is 2. The number of primary amides is 1. The number of hydrogen-bond acceptors (Lipinski definition) is 3. The molecule has 2 aromatic rings. The van der Waals surface area contributed by atoms with Gasteiger partial charge in [-0.15, -0.1) is 0 Å². The van der Waals surface area contributed by atoms with E-state index in [4.69, 9.17) is 5.73 Å². The summed E-state index contributed by atoms with van der Waals surface area (Å²) in [5.41, 5.74) is 7.66. The Labute approximate surface area is 129 Å². The fourth-order valence-electron chi connectivity index (χ4n) is 2.01. The second kappa shape index (κ2) is 7.83. The van der Waals surface area contributed by atoms with Crippen molar-refractivity contribution in [2.24, 2.45) is 5.73 Å². The lowest BCUT2D eigenvalue weighted by atomic mass is 10.1. The van der Waals surface area contributed by atoms with E-state index in [9.17, 15) is 9.59 Å². The number of nitrogens with two attached hydrogens (primary N) is 1. The Bertz CT molecular complexity index is 624. The Hall–Kier alpha value is -2.82. The number of para-hydroxylation sites is 1. The average molecular weight is 297 g/mol. The molecule has 0 saturated carbocycles. The molecule has 0 aliphatic heterocycles. The van der Waals surface area contributed by atoms with Crippen LogP contribution in [0.5, 0.6) is 0 Å². The van der Waals surface area contributed by atoms with Gasteiger partial charge < -0.3 is 16.4 Å².